The van der Waals surface area contributed by atoms with Gasteiger partial charge < -0.3 is 4.74 Å². The average molecular weight is 257 g/mol. The summed E-state index contributed by atoms with van der Waals surface area (Å²) in [7, 11) is 0.0145. The average Bonchev–Trinajstić information content (AvgIpc) is 2.27. The van der Waals surface area contributed by atoms with E-state index in [1.165, 1.54) is 25.5 Å². The van der Waals surface area contributed by atoms with Crippen LogP contribution in [0.1, 0.15) is 15.9 Å². The lowest BCUT2D eigenvalue weighted by molar-refractivity contribution is -0.385. The first-order valence-electron chi connectivity index (χ1n) is 4.61. The normalized spacial score (nSPS) is 11.9. The highest BCUT2D eigenvalue weighted by molar-refractivity contribution is 7.83. The molecule has 0 saturated heterocycles. The first-order valence-corrected chi connectivity index (χ1v) is 6.34. The lowest BCUT2D eigenvalue weighted by Crippen LogP contribution is -2.05. The molecular formula is C10H11NO5S. The predicted octanol–water partition coefficient (Wildman–Crippen LogP) is 1.26. The van der Waals surface area contributed by atoms with Crippen LogP contribution in [0.25, 0.3) is 0 Å². The quantitative estimate of drug-likeness (QED) is 0.460. The number of carbonyl (C=O) groups excluding carboxylic acids is 1. The number of methoxy groups -OCH3 is 1. The maximum atomic E-state index is 11.2. The summed E-state index contributed by atoms with van der Waals surface area (Å²) in [6.07, 6.45) is 1.46. The first-order chi connectivity index (χ1) is 7.95. The molecule has 0 bridgehead atoms. The molecule has 0 N–H and O–H groups in total. The molecule has 7 heteroatoms. The van der Waals surface area contributed by atoms with Crippen LogP contribution >= 0.6 is 0 Å². The van der Waals surface area contributed by atoms with E-state index in [1.807, 2.05) is 0 Å². The summed E-state index contributed by atoms with van der Waals surface area (Å²) >= 11 is 0. The molecule has 1 unspecified atom stereocenters. The van der Waals surface area contributed by atoms with Gasteiger partial charge in [0.1, 0.15) is 0 Å². The summed E-state index contributed by atoms with van der Waals surface area (Å²) in [6.45, 7) is 0. The van der Waals surface area contributed by atoms with E-state index in [9.17, 15) is 19.1 Å². The lowest BCUT2D eigenvalue weighted by atomic mass is 10.1. The van der Waals surface area contributed by atoms with Crippen LogP contribution in [0, 0.1) is 10.1 Å². The van der Waals surface area contributed by atoms with Crippen molar-refractivity contribution in [3.63, 3.8) is 0 Å². The van der Waals surface area contributed by atoms with E-state index in [0.717, 1.165) is 6.07 Å². The number of hydrogen-bond acceptors (Lipinski definition) is 5. The van der Waals surface area contributed by atoms with Gasteiger partial charge in [-0.3, -0.25) is 14.3 Å². The summed E-state index contributed by atoms with van der Waals surface area (Å²) in [4.78, 5) is 21.4. The Bertz CT molecular complexity index is 486. The van der Waals surface area contributed by atoms with Crippen LogP contribution < -0.4 is 0 Å². The summed E-state index contributed by atoms with van der Waals surface area (Å²) < 4.78 is 15.5. The van der Waals surface area contributed by atoms with Gasteiger partial charge in [-0.15, -0.1) is 0 Å². The van der Waals surface area contributed by atoms with Crippen LogP contribution in [-0.2, 0) is 21.3 Å². The second kappa shape index (κ2) is 5.53. The molecule has 0 aliphatic heterocycles. The molecule has 1 atom stereocenters. The number of nitro benzene ring substituents is 1. The Balaban J connectivity index is 3.21. The second-order valence-corrected chi connectivity index (χ2v) is 4.74. The summed E-state index contributed by atoms with van der Waals surface area (Å²) in [5.74, 6) is -0.560. The Labute approximate surface area is 100 Å². The molecule has 0 aromatic heterocycles. The molecule has 0 aliphatic rings. The fourth-order valence-electron chi connectivity index (χ4n) is 1.32. The fourth-order valence-corrected chi connectivity index (χ4v) is 2.00. The van der Waals surface area contributed by atoms with E-state index >= 15 is 0 Å². The summed E-state index contributed by atoms with van der Waals surface area (Å²) in [6, 6.07) is 3.97. The maximum absolute atomic E-state index is 11.2. The Morgan fingerprint density at radius 1 is 1.53 bits per heavy atom. The number of ether oxygens (including phenoxy) is 1. The van der Waals surface area contributed by atoms with Crippen molar-refractivity contribution in [3.05, 3.63) is 39.4 Å². The number of benzene rings is 1. The standard InChI is InChI=1S/C10H11NO5S/c1-16-10(12)7-3-4-8(6-17(2)15)9(5-7)11(13)14/h3-5H,6H2,1-2H3. The molecule has 92 valence electrons. The second-order valence-electron chi connectivity index (χ2n) is 3.31. The smallest absolute Gasteiger partial charge is 0.338 e. The van der Waals surface area contributed by atoms with E-state index in [-0.39, 0.29) is 17.0 Å². The third-order valence-corrected chi connectivity index (χ3v) is 2.78. The lowest BCUT2D eigenvalue weighted by Gasteiger charge is -2.03. The van der Waals surface area contributed by atoms with Crippen LogP contribution in [0.4, 0.5) is 5.69 Å². The molecular weight excluding hydrogens is 246 g/mol. The van der Waals surface area contributed by atoms with Crippen molar-refractivity contribution in [3.8, 4) is 0 Å². The minimum atomic E-state index is -1.18. The van der Waals surface area contributed by atoms with Crippen LogP contribution in [0.2, 0.25) is 0 Å². The highest BCUT2D eigenvalue weighted by atomic mass is 32.2. The van der Waals surface area contributed by atoms with Gasteiger partial charge in [-0.25, -0.2) is 4.79 Å². The van der Waals surface area contributed by atoms with Gasteiger partial charge >= 0.3 is 5.97 Å². The number of rotatable bonds is 4. The van der Waals surface area contributed by atoms with Crippen LogP contribution in [0.3, 0.4) is 0 Å². The molecule has 1 aromatic carbocycles. The van der Waals surface area contributed by atoms with Gasteiger partial charge in [0.15, 0.2) is 0 Å². The Morgan fingerprint density at radius 2 is 2.18 bits per heavy atom. The van der Waals surface area contributed by atoms with Gasteiger partial charge in [-0.2, -0.15) is 0 Å². The number of nitrogens with zero attached hydrogens (tertiary/aromatic N) is 1. The molecule has 0 aliphatic carbocycles. The van der Waals surface area contributed by atoms with Crippen LogP contribution in [0.15, 0.2) is 18.2 Å². The molecule has 1 rings (SSSR count). The molecule has 0 saturated carbocycles. The topological polar surface area (TPSA) is 86.5 Å². The Hall–Kier alpha value is -1.76. The molecule has 6 nitrogen and oxygen atoms in total. The van der Waals surface area contributed by atoms with Gasteiger partial charge in [0.25, 0.3) is 5.69 Å². The molecule has 0 radical (unpaired) electrons. The van der Waals surface area contributed by atoms with Crippen molar-refractivity contribution < 1.29 is 18.7 Å². The molecule has 17 heavy (non-hydrogen) atoms. The van der Waals surface area contributed by atoms with Gasteiger partial charge in [-0.05, 0) is 6.07 Å². The SMILES string of the molecule is COC(=O)c1ccc(CS(C)=O)c([N+](=O)[O-])c1. The zero-order valence-corrected chi connectivity index (χ0v) is 10.2. The van der Waals surface area contributed by atoms with Gasteiger partial charge in [-0.1, -0.05) is 6.07 Å². The fraction of sp³-hybridized carbons (Fsp3) is 0.300. The number of carbonyl (C=O) groups is 1. The molecule has 0 fully saturated rings. The van der Waals surface area contributed by atoms with Gasteiger partial charge in [0, 0.05) is 28.7 Å². The van der Waals surface area contributed by atoms with Crippen LogP contribution in [-0.4, -0.2) is 28.5 Å². The van der Waals surface area contributed by atoms with Crippen molar-refractivity contribution in [1.29, 1.82) is 0 Å². The first kappa shape index (κ1) is 13.3. The zero-order chi connectivity index (χ0) is 13.0. The molecule has 0 amide bonds. The number of nitro groups is 1. The van der Waals surface area contributed by atoms with Gasteiger partial charge in [0.2, 0.25) is 0 Å². The largest absolute Gasteiger partial charge is 0.465 e. The highest BCUT2D eigenvalue weighted by Gasteiger charge is 2.18. The van der Waals surface area contributed by atoms with E-state index in [1.54, 1.807) is 0 Å². The van der Waals surface area contributed by atoms with E-state index in [2.05, 4.69) is 4.74 Å². The minimum absolute atomic E-state index is 0.0811. The summed E-state index contributed by atoms with van der Waals surface area (Å²) in [5, 5.41) is 10.8. The minimum Gasteiger partial charge on any atom is -0.465 e. The third kappa shape index (κ3) is 3.35. The van der Waals surface area contributed by atoms with Gasteiger partial charge in [0.05, 0.1) is 23.3 Å². The summed E-state index contributed by atoms with van der Waals surface area (Å²) in [5.41, 5.74) is 0.219. The van der Waals surface area contributed by atoms with Crippen molar-refractivity contribution in [2.24, 2.45) is 0 Å². The van der Waals surface area contributed by atoms with E-state index < -0.39 is 21.7 Å². The van der Waals surface area contributed by atoms with E-state index in [0.29, 0.717) is 5.56 Å². The monoisotopic (exact) mass is 257 g/mol. The van der Waals surface area contributed by atoms with Crippen molar-refractivity contribution in [2.45, 2.75) is 5.75 Å². The molecule has 1 aromatic rings. The van der Waals surface area contributed by atoms with Crippen LogP contribution in [0.5, 0.6) is 0 Å². The molecule has 0 spiro atoms. The number of esters is 1. The maximum Gasteiger partial charge on any atom is 0.338 e. The molecule has 0 heterocycles. The number of hydrogen-bond donors (Lipinski definition) is 0. The Morgan fingerprint density at radius 3 is 2.65 bits per heavy atom. The highest BCUT2D eigenvalue weighted by Crippen LogP contribution is 2.22. The third-order valence-electron chi connectivity index (χ3n) is 2.06. The Kier molecular flexibility index (Phi) is 4.33. The van der Waals surface area contributed by atoms with Crippen molar-refractivity contribution in [2.75, 3.05) is 13.4 Å². The van der Waals surface area contributed by atoms with Crippen molar-refractivity contribution >= 4 is 22.5 Å². The van der Waals surface area contributed by atoms with E-state index in [4.69, 9.17) is 0 Å². The predicted molar refractivity (Wildman–Crippen MR) is 62.2 cm³/mol. The zero-order valence-electron chi connectivity index (χ0n) is 9.34. The van der Waals surface area contributed by atoms with Crippen molar-refractivity contribution in [1.82, 2.24) is 0 Å².